The number of esters is 1. The van der Waals surface area contributed by atoms with Crippen molar-refractivity contribution in [3.63, 3.8) is 0 Å². The fourth-order valence-electron chi connectivity index (χ4n) is 2.15. The van der Waals surface area contributed by atoms with Gasteiger partial charge in [0, 0.05) is 12.6 Å². The normalized spacial score (nSPS) is 12.3. The highest BCUT2D eigenvalue weighted by atomic mass is 35.5. The first-order valence-corrected chi connectivity index (χ1v) is 8.75. The Labute approximate surface area is 144 Å². The van der Waals surface area contributed by atoms with Crippen LogP contribution in [0, 0.1) is 6.92 Å². The summed E-state index contributed by atoms with van der Waals surface area (Å²) < 4.78 is 32.2. The molecule has 6 nitrogen and oxygen atoms in total. The van der Waals surface area contributed by atoms with Crippen molar-refractivity contribution in [3.8, 4) is 0 Å². The summed E-state index contributed by atoms with van der Waals surface area (Å²) in [4.78, 5) is 11.6. The molecule has 23 heavy (non-hydrogen) atoms. The van der Waals surface area contributed by atoms with E-state index in [1.54, 1.807) is 6.92 Å². The van der Waals surface area contributed by atoms with Crippen LogP contribution in [0.1, 0.15) is 42.1 Å². The molecule has 0 saturated heterocycles. The number of nitrogens with two attached hydrogens (primary N) is 1. The third-order valence-corrected chi connectivity index (χ3v) is 5.08. The molecule has 0 aliphatic heterocycles. The van der Waals surface area contributed by atoms with E-state index in [1.165, 1.54) is 25.3 Å². The molecular weight excluding hydrogens is 340 g/mol. The number of carbonyl (C=O) groups is 1. The molecule has 0 aliphatic carbocycles. The van der Waals surface area contributed by atoms with Crippen molar-refractivity contribution in [1.82, 2.24) is 4.72 Å². The van der Waals surface area contributed by atoms with Crippen LogP contribution in [0.5, 0.6) is 0 Å². The Morgan fingerprint density at radius 2 is 2.04 bits per heavy atom. The zero-order chi connectivity index (χ0) is 16.8. The number of methoxy groups -OCH3 is 1. The van der Waals surface area contributed by atoms with Crippen molar-refractivity contribution < 1.29 is 17.9 Å². The lowest BCUT2D eigenvalue weighted by atomic mass is 10.1. The number of nitrogens with one attached hydrogen (secondary N) is 1. The maximum Gasteiger partial charge on any atom is 0.337 e. The predicted molar refractivity (Wildman–Crippen MR) is 92.5 cm³/mol. The van der Waals surface area contributed by atoms with Gasteiger partial charge in [-0.15, -0.1) is 12.4 Å². The van der Waals surface area contributed by atoms with Gasteiger partial charge in [0.25, 0.3) is 0 Å². The summed E-state index contributed by atoms with van der Waals surface area (Å²) in [5, 5.41) is 0. The first-order chi connectivity index (χ1) is 10.4. The van der Waals surface area contributed by atoms with E-state index in [2.05, 4.69) is 9.46 Å². The molecule has 132 valence electrons. The molecule has 1 aromatic rings. The van der Waals surface area contributed by atoms with Crippen LogP contribution in [-0.4, -0.2) is 34.1 Å². The van der Waals surface area contributed by atoms with Crippen LogP contribution >= 0.6 is 12.4 Å². The SMILES string of the molecule is CCCCC(CN)NS(=O)(=O)c1ccc(C(=O)OC)cc1C.Cl. The number of aryl methyl sites for hydroxylation is 1. The lowest BCUT2D eigenvalue weighted by Gasteiger charge is -2.17. The fourth-order valence-corrected chi connectivity index (χ4v) is 3.66. The highest BCUT2D eigenvalue weighted by Gasteiger charge is 2.21. The first-order valence-electron chi connectivity index (χ1n) is 7.27. The van der Waals surface area contributed by atoms with Gasteiger partial charge in [-0.25, -0.2) is 17.9 Å². The van der Waals surface area contributed by atoms with Crippen molar-refractivity contribution in [2.45, 2.75) is 44.0 Å². The topological polar surface area (TPSA) is 98.5 Å². The average molecular weight is 365 g/mol. The summed E-state index contributed by atoms with van der Waals surface area (Å²) in [5.41, 5.74) is 6.44. The Kier molecular flexibility index (Phi) is 9.38. The van der Waals surface area contributed by atoms with Gasteiger partial charge in [-0.1, -0.05) is 19.8 Å². The quantitative estimate of drug-likeness (QED) is 0.687. The molecule has 8 heteroatoms. The number of ether oxygens (including phenoxy) is 1. The Hall–Kier alpha value is -1.15. The van der Waals surface area contributed by atoms with Crippen LogP contribution in [-0.2, 0) is 14.8 Å². The maximum absolute atomic E-state index is 12.5. The molecule has 3 N–H and O–H groups in total. The lowest BCUT2D eigenvalue weighted by molar-refractivity contribution is 0.0600. The van der Waals surface area contributed by atoms with E-state index >= 15 is 0 Å². The number of rotatable bonds is 8. The standard InChI is InChI=1S/C15H24N2O4S.ClH/c1-4-5-6-13(10-16)17-22(19,20)14-8-7-12(9-11(14)2)15(18)21-3;/h7-9,13,17H,4-6,10,16H2,1-3H3;1H. The molecule has 1 unspecified atom stereocenters. The molecule has 0 spiro atoms. The molecule has 0 radical (unpaired) electrons. The number of halogens is 1. The number of hydrogen-bond donors (Lipinski definition) is 2. The molecule has 0 amide bonds. The Morgan fingerprint density at radius 1 is 1.39 bits per heavy atom. The van der Waals surface area contributed by atoms with Gasteiger partial charge in [0.15, 0.2) is 0 Å². The second-order valence-electron chi connectivity index (χ2n) is 5.17. The second kappa shape index (κ2) is 9.87. The Morgan fingerprint density at radius 3 is 2.52 bits per heavy atom. The molecule has 0 saturated carbocycles. The van der Waals surface area contributed by atoms with Crippen LogP contribution in [0.4, 0.5) is 0 Å². The van der Waals surface area contributed by atoms with E-state index < -0.39 is 16.0 Å². The van der Waals surface area contributed by atoms with E-state index in [0.717, 1.165) is 12.8 Å². The first kappa shape index (κ1) is 21.9. The highest BCUT2D eigenvalue weighted by Crippen LogP contribution is 2.18. The zero-order valence-electron chi connectivity index (χ0n) is 13.7. The summed E-state index contributed by atoms with van der Waals surface area (Å²) in [7, 11) is -2.38. The molecule has 1 rings (SSSR count). The molecule has 0 bridgehead atoms. The van der Waals surface area contributed by atoms with Gasteiger partial charge >= 0.3 is 5.97 Å². The fraction of sp³-hybridized carbons (Fsp3) is 0.533. The zero-order valence-corrected chi connectivity index (χ0v) is 15.3. The minimum atomic E-state index is -3.66. The number of benzene rings is 1. The van der Waals surface area contributed by atoms with E-state index in [9.17, 15) is 13.2 Å². The van der Waals surface area contributed by atoms with Crippen LogP contribution < -0.4 is 10.5 Å². The van der Waals surface area contributed by atoms with E-state index in [0.29, 0.717) is 17.5 Å². The molecule has 0 aliphatic rings. The van der Waals surface area contributed by atoms with Crippen molar-refractivity contribution in [3.05, 3.63) is 29.3 Å². The van der Waals surface area contributed by atoms with Gasteiger partial charge in [0.2, 0.25) is 10.0 Å². The van der Waals surface area contributed by atoms with Crippen molar-refractivity contribution in [2.75, 3.05) is 13.7 Å². The van der Waals surface area contributed by atoms with E-state index in [4.69, 9.17) is 5.73 Å². The minimum Gasteiger partial charge on any atom is -0.465 e. The maximum atomic E-state index is 12.5. The summed E-state index contributed by atoms with van der Waals surface area (Å²) >= 11 is 0. The molecule has 0 heterocycles. The highest BCUT2D eigenvalue weighted by molar-refractivity contribution is 7.89. The number of hydrogen-bond acceptors (Lipinski definition) is 5. The van der Waals surface area contributed by atoms with Crippen LogP contribution in [0.15, 0.2) is 23.1 Å². The van der Waals surface area contributed by atoms with Gasteiger partial charge in [-0.2, -0.15) is 0 Å². The summed E-state index contributed by atoms with van der Waals surface area (Å²) in [6.07, 6.45) is 2.58. The smallest absolute Gasteiger partial charge is 0.337 e. The second-order valence-corrected chi connectivity index (χ2v) is 6.85. The van der Waals surface area contributed by atoms with Gasteiger partial charge in [0.1, 0.15) is 0 Å². The molecule has 1 aromatic carbocycles. The third kappa shape index (κ3) is 6.10. The number of carbonyl (C=O) groups excluding carboxylic acids is 1. The van der Waals surface area contributed by atoms with Gasteiger partial charge in [0.05, 0.1) is 17.6 Å². The summed E-state index contributed by atoms with van der Waals surface area (Å²) in [6, 6.07) is 4.07. The minimum absolute atomic E-state index is 0. The monoisotopic (exact) mass is 364 g/mol. The van der Waals surface area contributed by atoms with Crippen molar-refractivity contribution in [2.24, 2.45) is 5.73 Å². The van der Waals surface area contributed by atoms with E-state index in [1.807, 2.05) is 6.92 Å². The van der Waals surface area contributed by atoms with Crippen molar-refractivity contribution in [1.29, 1.82) is 0 Å². The van der Waals surface area contributed by atoms with Gasteiger partial charge in [-0.3, -0.25) is 0 Å². The van der Waals surface area contributed by atoms with Crippen molar-refractivity contribution >= 4 is 28.4 Å². The summed E-state index contributed by atoms with van der Waals surface area (Å²) in [5.74, 6) is -0.497. The molecular formula is C15H25ClN2O4S. The predicted octanol–water partition coefficient (Wildman–Crippen LogP) is 2.00. The molecule has 1 atom stereocenters. The largest absolute Gasteiger partial charge is 0.465 e. The number of unbranched alkanes of at least 4 members (excludes halogenated alkanes) is 1. The Bertz CT molecular complexity index is 620. The average Bonchev–Trinajstić information content (AvgIpc) is 2.50. The third-order valence-electron chi connectivity index (χ3n) is 3.40. The van der Waals surface area contributed by atoms with Crippen LogP contribution in [0.25, 0.3) is 0 Å². The molecule has 0 aromatic heterocycles. The summed E-state index contributed by atoms with van der Waals surface area (Å²) in [6.45, 7) is 3.93. The Balaban J connectivity index is 0.00000484. The lowest BCUT2D eigenvalue weighted by Crippen LogP contribution is -2.40. The number of sulfonamides is 1. The van der Waals surface area contributed by atoms with Crippen LogP contribution in [0.2, 0.25) is 0 Å². The van der Waals surface area contributed by atoms with E-state index in [-0.39, 0.29) is 29.9 Å². The molecule has 0 fully saturated rings. The van der Waals surface area contributed by atoms with Gasteiger partial charge < -0.3 is 10.5 Å². The van der Waals surface area contributed by atoms with Crippen LogP contribution in [0.3, 0.4) is 0 Å². The van der Waals surface area contributed by atoms with Gasteiger partial charge in [-0.05, 0) is 37.1 Å².